The van der Waals surface area contributed by atoms with Gasteiger partial charge in [-0.1, -0.05) is 11.6 Å². The number of halogens is 1. The van der Waals surface area contributed by atoms with Gasteiger partial charge in [-0.25, -0.2) is 0 Å². The number of likely N-dealkylation sites (N-methyl/N-ethyl adjacent to an activating group) is 1. The van der Waals surface area contributed by atoms with Crippen LogP contribution in [0.15, 0.2) is 17.8 Å². The molecule has 0 aromatic heterocycles. The second-order valence-electron chi connectivity index (χ2n) is 4.54. The summed E-state index contributed by atoms with van der Waals surface area (Å²) in [5, 5.41) is 3.69. The maximum absolute atomic E-state index is 12.0. The van der Waals surface area contributed by atoms with Crippen LogP contribution in [0.3, 0.4) is 0 Å². The Labute approximate surface area is 139 Å². The molecule has 1 aromatic rings. The highest BCUT2D eigenvalue weighted by molar-refractivity contribution is 7.80. The minimum Gasteiger partial charge on any atom is -0.490 e. The van der Waals surface area contributed by atoms with Crippen LogP contribution in [0.2, 0.25) is 5.02 Å². The molecule has 1 saturated heterocycles. The van der Waals surface area contributed by atoms with Crippen LogP contribution in [-0.4, -0.2) is 36.2 Å². The highest BCUT2D eigenvalue weighted by Gasteiger charge is 2.27. The van der Waals surface area contributed by atoms with Gasteiger partial charge in [-0.05, 0) is 43.8 Å². The fourth-order valence-corrected chi connectivity index (χ4v) is 2.38. The average molecular weight is 341 g/mol. The molecular formula is C15H17ClN2O3S. The summed E-state index contributed by atoms with van der Waals surface area (Å²) in [5.74, 6) is 0.963. The van der Waals surface area contributed by atoms with Gasteiger partial charge >= 0.3 is 0 Å². The first-order valence-corrected chi connectivity index (χ1v) is 7.66. The van der Waals surface area contributed by atoms with E-state index in [1.807, 2.05) is 13.8 Å². The van der Waals surface area contributed by atoms with Crippen molar-refractivity contribution in [1.29, 1.82) is 0 Å². The minimum atomic E-state index is -0.201. The summed E-state index contributed by atoms with van der Waals surface area (Å²) >= 11 is 11.3. The smallest absolute Gasteiger partial charge is 0.276 e. The Morgan fingerprint density at radius 1 is 1.27 bits per heavy atom. The summed E-state index contributed by atoms with van der Waals surface area (Å²) < 4.78 is 11.1. The molecule has 0 spiro atoms. The Balaban J connectivity index is 2.41. The molecule has 5 nitrogen and oxygen atoms in total. The molecule has 1 amide bonds. The number of hydrogen-bond donors (Lipinski definition) is 1. The highest BCUT2D eigenvalue weighted by Crippen LogP contribution is 2.35. The summed E-state index contributed by atoms with van der Waals surface area (Å²) in [5.41, 5.74) is 1.03. The standard InChI is InChI=1S/C15H17ClN2O3S/c1-4-20-12-7-9(10(16)8-13(12)21-5-2)6-11-14(19)18(3)15(22)17-11/h6-8H,4-5H2,1-3H3,(H,17,22). The van der Waals surface area contributed by atoms with Gasteiger partial charge in [-0.2, -0.15) is 0 Å². The predicted octanol–water partition coefficient (Wildman–Crippen LogP) is 2.82. The first-order chi connectivity index (χ1) is 10.5. The van der Waals surface area contributed by atoms with Crippen molar-refractivity contribution in [3.05, 3.63) is 28.4 Å². The van der Waals surface area contributed by atoms with Crippen molar-refractivity contribution in [1.82, 2.24) is 10.2 Å². The maximum Gasteiger partial charge on any atom is 0.276 e. The van der Waals surface area contributed by atoms with Gasteiger partial charge in [0.15, 0.2) is 16.6 Å². The maximum atomic E-state index is 12.0. The Bertz CT molecular complexity index is 646. The van der Waals surface area contributed by atoms with E-state index in [9.17, 15) is 4.79 Å². The number of carbonyl (C=O) groups is 1. The molecule has 2 rings (SSSR count). The molecular weight excluding hydrogens is 324 g/mol. The van der Waals surface area contributed by atoms with Crippen molar-refractivity contribution in [2.75, 3.05) is 20.3 Å². The Morgan fingerprint density at radius 3 is 2.36 bits per heavy atom. The lowest BCUT2D eigenvalue weighted by Gasteiger charge is -2.13. The molecule has 0 bridgehead atoms. The molecule has 1 aromatic carbocycles. The van der Waals surface area contributed by atoms with Crippen LogP contribution in [-0.2, 0) is 4.79 Å². The van der Waals surface area contributed by atoms with Gasteiger partial charge in [0, 0.05) is 13.1 Å². The summed E-state index contributed by atoms with van der Waals surface area (Å²) in [7, 11) is 1.62. The number of benzene rings is 1. The van der Waals surface area contributed by atoms with Crippen LogP contribution in [0.4, 0.5) is 0 Å². The molecule has 0 radical (unpaired) electrons. The van der Waals surface area contributed by atoms with E-state index in [2.05, 4.69) is 5.32 Å². The van der Waals surface area contributed by atoms with Crippen LogP contribution < -0.4 is 14.8 Å². The lowest BCUT2D eigenvalue weighted by Crippen LogP contribution is -2.25. The zero-order chi connectivity index (χ0) is 16.3. The molecule has 0 saturated carbocycles. The van der Waals surface area contributed by atoms with Crippen molar-refractivity contribution in [3.8, 4) is 11.5 Å². The lowest BCUT2D eigenvalue weighted by atomic mass is 10.1. The molecule has 22 heavy (non-hydrogen) atoms. The number of carbonyl (C=O) groups excluding carboxylic acids is 1. The van der Waals surface area contributed by atoms with Gasteiger partial charge in [0.25, 0.3) is 5.91 Å². The Hall–Kier alpha value is -1.79. The summed E-state index contributed by atoms with van der Waals surface area (Å²) in [4.78, 5) is 13.4. The largest absolute Gasteiger partial charge is 0.490 e. The van der Waals surface area contributed by atoms with Gasteiger partial charge < -0.3 is 14.8 Å². The van der Waals surface area contributed by atoms with Crippen LogP contribution in [0.1, 0.15) is 19.4 Å². The van der Waals surface area contributed by atoms with Crippen molar-refractivity contribution in [2.24, 2.45) is 0 Å². The third kappa shape index (κ3) is 3.34. The van der Waals surface area contributed by atoms with Crippen molar-refractivity contribution >= 4 is 40.9 Å². The van der Waals surface area contributed by atoms with Crippen molar-refractivity contribution in [2.45, 2.75) is 13.8 Å². The number of ether oxygens (including phenoxy) is 2. The fraction of sp³-hybridized carbons (Fsp3) is 0.333. The quantitative estimate of drug-likeness (QED) is 0.660. The summed E-state index contributed by atoms with van der Waals surface area (Å²) in [6.07, 6.45) is 1.65. The molecule has 7 heteroatoms. The highest BCUT2D eigenvalue weighted by atomic mass is 35.5. The van der Waals surface area contributed by atoms with Gasteiger partial charge in [-0.3, -0.25) is 9.69 Å². The number of hydrogen-bond acceptors (Lipinski definition) is 4. The second-order valence-corrected chi connectivity index (χ2v) is 5.33. The Morgan fingerprint density at radius 2 is 1.86 bits per heavy atom. The number of thiocarbonyl (C=S) groups is 1. The van der Waals surface area contributed by atoms with E-state index in [4.69, 9.17) is 33.3 Å². The summed E-state index contributed by atoms with van der Waals surface area (Å²) in [6, 6.07) is 3.43. The number of rotatable bonds is 5. The molecule has 118 valence electrons. The van der Waals surface area contributed by atoms with E-state index >= 15 is 0 Å². The van der Waals surface area contributed by atoms with Gasteiger partial charge in [0.1, 0.15) is 5.70 Å². The molecule has 0 atom stereocenters. The monoisotopic (exact) mass is 340 g/mol. The lowest BCUT2D eigenvalue weighted by molar-refractivity contribution is -0.121. The molecule has 0 aliphatic carbocycles. The van der Waals surface area contributed by atoms with Crippen molar-refractivity contribution in [3.63, 3.8) is 0 Å². The van der Waals surface area contributed by atoms with E-state index in [0.29, 0.717) is 46.1 Å². The number of amides is 1. The van der Waals surface area contributed by atoms with Crippen molar-refractivity contribution < 1.29 is 14.3 Å². The predicted molar refractivity (Wildman–Crippen MR) is 90.3 cm³/mol. The second kappa shape index (κ2) is 6.98. The minimum absolute atomic E-state index is 0.201. The molecule has 1 N–H and O–H groups in total. The van der Waals surface area contributed by atoms with E-state index in [-0.39, 0.29) is 5.91 Å². The zero-order valence-electron chi connectivity index (χ0n) is 12.6. The van der Waals surface area contributed by atoms with Crippen LogP contribution in [0, 0.1) is 0 Å². The fourth-order valence-electron chi connectivity index (χ4n) is 1.98. The van der Waals surface area contributed by atoms with E-state index in [1.165, 1.54) is 4.90 Å². The molecule has 1 heterocycles. The average Bonchev–Trinajstić information content (AvgIpc) is 2.71. The third-order valence-electron chi connectivity index (χ3n) is 3.04. The topological polar surface area (TPSA) is 50.8 Å². The van der Waals surface area contributed by atoms with Crippen LogP contribution >= 0.6 is 23.8 Å². The van der Waals surface area contributed by atoms with E-state index < -0.39 is 0 Å². The van der Waals surface area contributed by atoms with Gasteiger partial charge in [0.2, 0.25) is 0 Å². The molecule has 1 aliphatic rings. The zero-order valence-corrected chi connectivity index (χ0v) is 14.2. The Kier molecular flexibility index (Phi) is 5.26. The first kappa shape index (κ1) is 16.6. The van der Waals surface area contributed by atoms with E-state index in [0.717, 1.165) is 0 Å². The van der Waals surface area contributed by atoms with Gasteiger partial charge in [-0.15, -0.1) is 0 Å². The normalized spacial score (nSPS) is 16.2. The van der Waals surface area contributed by atoms with Crippen LogP contribution in [0.5, 0.6) is 11.5 Å². The third-order valence-corrected chi connectivity index (χ3v) is 3.75. The van der Waals surface area contributed by atoms with E-state index in [1.54, 1.807) is 25.3 Å². The number of nitrogens with one attached hydrogen (secondary N) is 1. The molecule has 1 fully saturated rings. The summed E-state index contributed by atoms with van der Waals surface area (Å²) in [6.45, 7) is 4.78. The SMILES string of the molecule is CCOc1cc(Cl)c(C=C2NC(=S)N(C)C2=O)cc1OCC. The molecule has 0 unspecified atom stereocenters. The van der Waals surface area contributed by atoms with Crippen LogP contribution in [0.25, 0.3) is 6.08 Å². The van der Waals surface area contributed by atoms with Gasteiger partial charge in [0.05, 0.1) is 18.2 Å². The number of nitrogens with zero attached hydrogens (tertiary/aromatic N) is 1. The molecule has 1 aliphatic heterocycles. The first-order valence-electron chi connectivity index (χ1n) is 6.87.